The van der Waals surface area contributed by atoms with Crippen LogP contribution in [0.4, 0.5) is 10.1 Å². The average molecular weight is 516 g/mol. The number of carbonyl (C=O) groups excluding carboxylic acids is 3. The van der Waals surface area contributed by atoms with Gasteiger partial charge in [0.25, 0.3) is 11.8 Å². The van der Waals surface area contributed by atoms with Crippen molar-refractivity contribution in [1.82, 2.24) is 14.7 Å². The third kappa shape index (κ3) is 4.96. The molecular weight excluding hydrogens is 485 g/mol. The molecule has 1 saturated heterocycles. The maximum atomic E-state index is 13.7. The zero-order valence-corrected chi connectivity index (χ0v) is 21.6. The number of fused-ring (bicyclic) bond motifs is 1. The molecule has 8 nitrogen and oxygen atoms in total. The molecule has 2 aromatic rings. The van der Waals surface area contributed by atoms with Crippen LogP contribution in [0.15, 0.2) is 36.4 Å². The van der Waals surface area contributed by atoms with Gasteiger partial charge >= 0.3 is 0 Å². The second-order valence-corrected chi connectivity index (χ2v) is 10.3. The van der Waals surface area contributed by atoms with Crippen LogP contribution in [-0.4, -0.2) is 78.1 Å². The Balaban J connectivity index is 1.55. The zero-order valence-electron chi connectivity index (χ0n) is 20.9. The van der Waals surface area contributed by atoms with E-state index >= 15 is 0 Å². The molecule has 0 saturated carbocycles. The molecule has 0 radical (unpaired) electrons. The Morgan fingerprint density at radius 1 is 1.06 bits per heavy atom. The number of Topliss-reactive ketones (excluding diaryl/α,β-unsaturated/α-hetero) is 1. The highest BCUT2D eigenvalue weighted by molar-refractivity contribution is 6.39. The highest BCUT2D eigenvalue weighted by Gasteiger charge is 2.39. The van der Waals surface area contributed by atoms with Crippen molar-refractivity contribution in [2.45, 2.75) is 38.4 Å². The van der Waals surface area contributed by atoms with Crippen LogP contribution in [-0.2, 0) is 16.1 Å². The Bertz CT molecular complexity index is 1190. The number of benzene rings is 2. The fourth-order valence-corrected chi connectivity index (χ4v) is 5.18. The van der Waals surface area contributed by atoms with E-state index in [9.17, 15) is 18.8 Å². The normalized spacial score (nSPS) is 21.9. The van der Waals surface area contributed by atoms with E-state index in [0.29, 0.717) is 30.9 Å². The predicted octanol–water partition coefficient (Wildman–Crippen LogP) is 2.65. The van der Waals surface area contributed by atoms with Gasteiger partial charge in [-0.1, -0.05) is 23.7 Å². The summed E-state index contributed by atoms with van der Waals surface area (Å²) in [7, 11) is 3.04. The number of piperazine rings is 1. The van der Waals surface area contributed by atoms with E-state index in [1.807, 2.05) is 13.8 Å². The minimum Gasteiger partial charge on any atom is -0.342 e. The molecule has 2 aliphatic rings. The molecule has 192 valence electrons. The van der Waals surface area contributed by atoms with Crippen LogP contribution >= 0.6 is 11.6 Å². The smallest absolute Gasteiger partial charge is 0.290 e. The lowest BCUT2D eigenvalue weighted by molar-refractivity contribution is -0.143. The Kier molecular flexibility index (Phi) is 7.36. The van der Waals surface area contributed by atoms with Crippen LogP contribution in [0, 0.1) is 5.82 Å². The van der Waals surface area contributed by atoms with Gasteiger partial charge in [0.05, 0.1) is 22.2 Å². The molecule has 2 aliphatic heterocycles. The maximum Gasteiger partial charge on any atom is 0.290 e. The second kappa shape index (κ2) is 10.2. The Morgan fingerprint density at radius 3 is 2.36 bits per heavy atom. The summed E-state index contributed by atoms with van der Waals surface area (Å²) in [5.41, 5.74) is 2.35. The molecule has 10 heteroatoms. The minimum absolute atomic E-state index is 0.0648. The fraction of sp³-hybridized carbons (Fsp3) is 0.423. The number of ketones is 1. The van der Waals surface area contributed by atoms with E-state index in [1.54, 1.807) is 29.2 Å². The molecule has 0 aromatic heterocycles. The zero-order chi connectivity index (χ0) is 26.3. The van der Waals surface area contributed by atoms with Gasteiger partial charge in [0.15, 0.2) is 0 Å². The number of nitrogens with two attached hydrogens (primary N) is 1. The van der Waals surface area contributed by atoms with E-state index in [-0.39, 0.29) is 40.9 Å². The molecule has 0 spiro atoms. The molecule has 2 heterocycles. The first-order valence-electron chi connectivity index (χ1n) is 11.9. The number of hydrogen-bond acceptors (Lipinski definition) is 6. The van der Waals surface area contributed by atoms with Gasteiger partial charge < -0.3 is 14.8 Å². The van der Waals surface area contributed by atoms with E-state index < -0.39 is 17.6 Å². The van der Waals surface area contributed by atoms with Crippen molar-refractivity contribution in [1.29, 1.82) is 0 Å². The van der Waals surface area contributed by atoms with Crippen molar-refractivity contribution in [2.24, 2.45) is 5.84 Å². The number of carbonyl (C=O) groups is 3. The number of likely N-dealkylation sites (N-methyl/N-ethyl adjacent to an activating group) is 1. The molecule has 3 atom stereocenters. The second-order valence-electron chi connectivity index (χ2n) is 9.87. The number of rotatable bonds is 5. The number of hydrazine groups is 1. The summed E-state index contributed by atoms with van der Waals surface area (Å²) in [5.74, 6) is 3.62. The van der Waals surface area contributed by atoms with Crippen LogP contribution in [0.5, 0.6) is 0 Å². The summed E-state index contributed by atoms with van der Waals surface area (Å²) in [6.45, 7) is 5.95. The summed E-state index contributed by atoms with van der Waals surface area (Å²) in [4.78, 5) is 44.1. The third-order valence-corrected chi connectivity index (χ3v) is 7.33. The predicted molar refractivity (Wildman–Crippen MR) is 136 cm³/mol. The van der Waals surface area contributed by atoms with Crippen molar-refractivity contribution in [2.75, 3.05) is 38.7 Å². The lowest BCUT2D eigenvalue weighted by atomic mass is 9.94. The summed E-state index contributed by atoms with van der Waals surface area (Å²) in [6, 6.07) is 9.61. The van der Waals surface area contributed by atoms with Crippen LogP contribution in [0.1, 0.15) is 41.3 Å². The summed E-state index contributed by atoms with van der Waals surface area (Å²) in [6.07, 6.45) is 0. The maximum absolute atomic E-state index is 13.7. The van der Waals surface area contributed by atoms with E-state index in [4.69, 9.17) is 17.4 Å². The summed E-state index contributed by atoms with van der Waals surface area (Å²) in [5, 5.41) is 1.63. The van der Waals surface area contributed by atoms with Crippen molar-refractivity contribution < 1.29 is 18.8 Å². The molecule has 2 amide bonds. The highest BCUT2D eigenvalue weighted by Crippen LogP contribution is 2.39. The van der Waals surface area contributed by atoms with Crippen LogP contribution in [0.25, 0.3) is 0 Å². The SMILES string of the molecule is C[C@@H]1CN(Cc2ccc(F)cc2)[C@@H](C)CN1C(=O)c1cc2c(cc1Cl)N(N)CC2C(=O)C(=O)N(C)C. The standard InChI is InChI=1S/C26H31ClFN5O3/c1-15-12-32(16(2)11-31(15)13-17-5-7-18(28)8-6-17)25(35)20-9-19-21(24(34)26(36)30(3)4)14-33(29)23(19)10-22(20)27/h5-10,15-16,21H,11-14,29H2,1-4H3/t15-,16+,21?/m0/s1. The molecule has 2 N–H and O–H groups in total. The van der Waals surface area contributed by atoms with Gasteiger partial charge in [-0.15, -0.1) is 0 Å². The molecule has 0 bridgehead atoms. The number of nitrogens with zero attached hydrogens (tertiary/aromatic N) is 4. The Morgan fingerprint density at radius 2 is 1.72 bits per heavy atom. The molecule has 2 aromatic carbocycles. The number of anilines is 1. The number of amides is 2. The van der Waals surface area contributed by atoms with Crippen LogP contribution in [0.3, 0.4) is 0 Å². The minimum atomic E-state index is -0.771. The van der Waals surface area contributed by atoms with E-state index in [0.717, 1.165) is 5.56 Å². The first-order valence-corrected chi connectivity index (χ1v) is 12.3. The lowest BCUT2D eigenvalue weighted by Crippen LogP contribution is -2.57. The first-order chi connectivity index (χ1) is 17.0. The molecule has 0 aliphatic carbocycles. The molecule has 1 fully saturated rings. The van der Waals surface area contributed by atoms with E-state index in [1.165, 1.54) is 36.1 Å². The largest absolute Gasteiger partial charge is 0.342 e. The van der Waals surface area contributed by atoms with Gasteiger partial charge in [0.2, 0.25) is 5.78 Å². The van der Waals surface area contributed by atoms with E-state index in [2.05, 4.69) is 4.90 Å². The van der Waals surface area contributed by atoms with Gasteiger partial charge in [-0.05, 0) is 49.2 Å². The average Bonchev–Trinajstić information content (AvgIpc) is 3.15. The van der Waals surface area contributed by atoms with Crippen molar-refractivity contribution in [3.63, 3.8) is 0 Å². The molecular formula is C26H31ClFN5O3. The van der Waals surface area contributed by atoms with Gasteiger partial charge in [0, 0.05) is 52.4 Å². The summed E-state index contributed by atoms with van der Waals surface area (Å²) >= 11 is 6.53. The molecule has 36 heavy (non-hydrogen) atoms. The van der Waals surface area contributed by atoms with Gasteiger partial charge in [-0.25, -0.2) is 10.2 Å². The molecule has 4 rings (SSSR count). The Hall–Kier alpha value is -3.01. The topological polar surface area (TPSA) is 90.2 Å². The van der Waals surface area contributed by atoms with Crippen LogP contribution < -0.4 is 10.9 Å². The monoisotopic (exact) mass is 515 g/mol. The highest BCUT2D eigenvalue weighted by atomic mass is 35.5. The summed E-state index contributed by atoms with van der Waals surface area (Å²) < 4.78 is 13.3. The van der Waals surface area contributed by atoms with Gasteiger partial charge in [-0.3, -0.25) is 19.3 Å². The third-order valence-electron chi connectivity index (χ3n) is 7.02. The van der Waals surface area contributed by atoms with Crippen molar-refractivity contribution in [3.05, 3.63) is 63.9 Å². The Labute approximate surface area is 215 Å². The quantitative estimate of drug-likeness (QED) is 0.486. The van der Waals surface area contributed by atoms with Crippen LogP contribution in [0.2, 0.25) is 5.02 Å². The molecule has 1 unspecified atom stereocenters. The fourth-order valence-electron chi connectivity index (χ4n) is 4.94. The van der Waals surface area contributed by atoms with Gasteiger partial charge in [0.1, 0.15) is 5.82 Å². The number of halogens is 2. The van der Waals surface area contributed by atoms with Gasteiger partial charge in [-0.2, -0.15) is 0 Å². The van der Waals surface area contributed by atoms with Crippen molar-refractivity contribution >= 4 is 34.9 Å². The first kappa shape index (κ1) is 26.1. The lowest BCUT2D eigenvalue weighted by Gasteiger charge is -2.44. The van der Waals surface area contributed by atoms with Crippen molar-refractivity contribution in [3.8, 4) is 0 Å². The number of hydrogen-bond donors (Lipinski definition) is 1.